The van der Waals surface area contributed by atoms with Crippen LogP contribution in [-0.2, 0) is 4.79 Å². The lowest BCUT2D eigenvalue weighted by Crippen LogP contribution is -2.48. The van der Waals surface area contributed by atoms with E-state index in [9.17, 15) is 13.6 Å². The van der Waals surface area contributed by atoms with Crippen molar-refractivity contribution in [3.8, 4) is 11.5 Å². The highest BCUT2D eigenvalue weighted by atomic mass is 35.5. The van der Waals surface area contributed by atoms with Crippen LogP contribution in [0.4, 0.5) is 8.78 Å². The second kappa shape index (κ2) is 10.6. The predicted octanol–water partition coefficient (Wildman–Crippen LogP) is 4.05. The number of nitrogens with one attached hydrogen (secondary N) is 1. The Bertz CT molecular complexity index is 843. The SMILES string of the molecule is CC(Oc1ccc(F)c(F)c1)C(=O)NC1CCN(CCOc2ccc(Cl)cc2)CC1. The van der Waals surface area contributed by atoms with E-state index in [1.54, 1.807) is 19.1 Å². The minimum absolute atomic E-state index is 0.0573. The number of piperidine rings is 1. The van der Waals surface area contributed by atoms with E-state index in [4.69, 9.17) is 21.1 Å². The van der Waals surface area contributed by atoms with E-state index < -0.39 is 17.7 Å². The average molecular weight is 439 g/mol. The van der Waals surface area contributed by atoms with E-state index in [1.165, 1.54) is 6.07 Å². The van der Waals surface area contributed by atoms with Crippen molar-refractivity contribution in [2.24, 2.45) is 0 Å². The second-order valence-electron chi connectivity index (χ2n) is 7.26. The number of amides is 1. The number of nitrogens with zero attached hydrogens (tertiary/aromatic N) is 1. The third kappa shape index (κ3) is 6.57. The van der Waals surface area contributed by atoms with Gasteiger partial charge in [-0.05, 0) is 56.2 Å². The largest absolute Gasteiger partial charge is 0.492 e. The molecule has 0 radical (unpaired) electrons. The number of carbonyl (C=O) groups excluding carboxylic acids is 1. The van der Waals surface area contributed by atoms with Crippen LogP contribution in [-0.4, -0.2) is 49.2 Å². The first-order valence-electron chi connectivity index (χ1n) is 9.93. The molecule has 0 bridgehead atoms. The molecule has 1 heterocycles. The summed E-state index contributed by atoms with van der Waals surface area (Å²) in [5.74, 6) is -1.33. The Hall–Kier alpha value is -2.38. The second-order valence-corrected chi connectivity index (χ2v) is 7.70. The first kappa shape index (κ1) is 22.3. The summed E-state index contributed by atoms with van der Waals surface area (Å²) < 4.78 is 37.4. The van der Waals surface area contributed by atoms with Gasteiger partial charge in [0.15, 0.2) is 17.7 Å². The molecule has 162 valence electrons. The topological polar surface area (TPSA) is 50.8 Å². The number of halogens is 3. The van der Waals surface area contributed by atoms with E-state index in [2.05, 4.69) is 10.2 Å². The molecule has 1 atom stereocenters. The van der Waals surface area contributed by atoms with Crippen LogP contribution in [0, 0.1) is 11.6 Å². The molecule has 0 aliphatic carbocycles. The fourth-order valence-corrected chi connectivity index (χ4v) is 3.38. The van der Waals surface area contributed by atoms with Crippen LogP contribution >= 0.6 is 11.6 Å². The van der Waals surface area contributed by atoms with Gasteiger partial charge in [0.2, 0.25) is 0 Å². The molecule has 3 rings (SSSR count). The van der Waals surface area contributed by atoms with Crippen LogP contribution in [0.2, 0.25) is 5.02 Å². The van der Waals surface area contributed by atoms with E-state index in [1.807, 2.05) is 12.1 Å². The Morgan fingerprint density at radius 1 is 1.13 bits per heavy atom. The summed E-state index contributed by atoms with van der Waals surface area (Å²) >= 11 is 5.86. The van der Waals surface area contributed by atoms with Crippen LogP contribution in [0.5, 0.6) is 11.5 Å². The van der Waals surface area contributed by atoms with Crippen molar-refractivity contribution in [2.45, 2.75) is 31.9 Å². The van der Waals surface area contributed by atoms with E-state index >= 15 is 0 Å². The summed E-state index contributed by atoms with van der Waals surface area (Å²) in [5, 5.41) is 3.65. The van der Waals surface area contributed by atoms with Crippen LogP contribution in [0.15, 0.2) is 42.5 Å². The molecule has 2 aromatic rings. The molecule has 1 aliphatic rings. The molecule has 0 spiro atoms. The smallest absolute Gasteiger partial charge is 0.260 e. The van der Waals surface area contributed by atoms with Gasteiger partial charge in [0.1, 0.15) is 18.1 Å². The highest BCUT2D eigenvalue weighted by molar-refractivity contribution is 6.30. The Morgan fingerprint density at radius 3 is 2.47 bits per heavy atom. The molecule has 30 heavy (non-hydrogen) atoms. The Labute approximate surface area is 179 Å². The maximum absolute atomic E-state index is 13.3. The zero-order chi connectivity index (χ0) is 21.5. The summed E-state index contributed by atoms with van der Waals surface area (Å²) in [4.78, 5) is 14.6. The summed E-state index contributed by atoms with van der Waals surface area (Å²) in [6.07, 6.45) is 0.843. The maximum atomic E-state index is 13.3. The molecule has 1 N–H and O–H groups in total. The van der Waals surface area contributed by atoms with Crippen molar-refractivity contribution in [3.63, 3.8) is 0 Å². The Morgan fingerprint density at radius 2 is 1.80 bits per heavy atom. The lowest BCUT2D eigenvalue weighted by Gasteiger charge is -2.32. The Balaban J connectivity index is 1.35. The number of hydrogen-bond donors (Lipinski definition) is 1. The van der Waals surface area contributed by atoms with Gasteiger partial charge in [0.25, 0.3) is 5.91 Å². The molecule has 5 nitrogen and oxygen atoms in total. The van der Waals surface area contributed by atoms with Crippen LogP contribution < -0.4 is 14.8 Å². The van der Waals surface area contributed by atoms with E-state index in [0.29, 0.717) is 11.6 Å². The number of likely N-dealkylation sites (tertiary alicyclic amines) is 1. The molecule has 8 heteroatoms. The van der Waals surface area contributed by atoms with Gasteiger partial charge in [-0.2, -0.15) is 0 Å². The normalized spacial score (nSPS) is 16.1. The van der Waals surface area contributed by atoms with Gasteiger partial charge in [-0.1, -0.05) is 11.6 Å². The van der Waals surface area contributed by atoms with Crippen LogP contribution in [0.1, 0.15) is 19.8 Å². The molecule has 1 fully saturated rings. The zero-order valence-electron chi connectivity index (χ0n) is 16.7. The summed E-state index contributed by atoms with van der Waals surface area (Å²) in [6, 6.07) is 10.5. The van der Waals surface area contributed by atoms with E-state index in [-0.39, 0.29) is 17.7 Å². The molecule has 2 aromatic carbocycles. The zero-order valence-corrected chi connectivity index (χ0v) is 17.5. The number of ether oxygens (including phenoxy) is 2. The van der Waals surface area contributed by atoms with Gasteiger partial charge in [0.05, 0.1) is 0 Å². The fourth-order valence-electron chi connectivity index (χ4n) is 3.25. The minimum atomic E-state index is -1.01. The van der Waals surface area contributed by atoms with E-state index in [0.717, 1.165) is 50.4 Å². The minimum Gasteiger partial charge on any atom is -0.492 e. The molecule has 0 aromatic heterocycles. The van der Waals surface area contributed by atoms with Crippen molar-refractivity contribution in [3.05, 3.63) is 59.1 Å². The fraction of sp³-hybridized carbons (Fsp3) is 0.409. The molecular formula is C22H25ClF2N2O3. The van der Waals surface area contributed by atoms with Gasteiger partial charge in [-0.25, -0.2) is 8.78 Å². The third-order valence-electron chi connectivity index (χ3n) is 5.00. The monoisotopic (exact) mass is 438 g/mol. The van der Waals surface area contributed by atoms with Gasteiger partial charge in [-0.15, -0.1) is 0 Å². The Kier molecular flexibility index (Phi) is 7.87. The van der Waals surface area contributed by atoms with Gasteiger partial charge < -0.3 is 14.8 Å². The quantitative estimate of drug-likeness (QED) is 0.675. The van der Waals surface area contributed by atoms with Gasteiger partial charge >= 0.3 is 0 Å². The predicted molar refractivity (Wildman–Crippen MR) is 111 cm³/mol. The highest BCUT2D eigenvalue weighted by Crippen LogP contribution is 2.18. The first-order valence-corrected chi connectivity index (χ1v) is 10.3. The van der Waals surface area contributed by atoms with Crippen molar-refractivity contribution < 1.29 is 23.0 Å². The molecule has 1 unspecified atom stereocenters. The molecule has 1 saturated heterocycles. The summed E-state index contributed by atoms with van der Waals surface area (Å²) in [7, 11) is 0. The van der Waals surface area contributed by atoms with Crippen molar-refractivity contribution in [1.29, 1.82) is 0 Å². The van der Waals surface area contributed by atoms with Gasteiger partial charge in [-0.3, -0.25) is 9.69 Å². The van der Waals surface area contributed by atoms with Crippen LogP contribution in [0.25, 0.3) is 0 Å². The third-order valence-corrected chi connectivity index (χ3v) is 5.25. The standard InChI is InChI=1S/C22H25ClF2N2O3/c1-15(30-19-6-7-20(24)21(25)14-19)22(28)26-17-8-10-27(11-9-17)12-13-29-18-4-2-16(23)3-5-18/h2-7,14-15,17H,8-13H2,1H3,(H,26,28). The lowest BCUT2D eigenvalue weighted by atomic mass is 10.0. The maximum Gasteiger partial charge on any atom is 0.260 e. The number of carbonyl (C=O) groups is 1. The molecular weight excluding hydrogens is 414 g/mol. The summed E-state index contributed by atoms with van der Waals surface area (Å²) in [5.41, 5.74) is 0. The van der Waals surface area contributed by atoms with Gasteiger partial charge in [0, 0.05) is 36.8 Å². The first-order chi connectivity index (χ1) is 14.4. The van der Waals surface area contributed by atoms with Crippen molar-refractivity contribution in [1.82, 2.24) is 10.2 Å². The lowest BCUT2D eigenvalue weighted by molar-refractivity contribution is -0.128. The molecule has 0 saturated carbocycles. The number of hydrogen-bond acceptors (Lipinski definition) is 4. The average Bonchev–Trinajstić information content (AvgIpc) is 2.73. The van der Waals surface area contributed by atoms with Crippen LogP contribution in [0.3, 0.4) is 0 Å². The number of rotatable bonds is 8. The molecule has 1 amide bonds. The summed E-state index contributed by atoms with van der Waals surface area (Å²) in [6.45, 7) is 4.68. The van der Waals surface area contributed by atoms with Crippen molar-refractivity contribution >= 4 is 17.5 Å². The van der Waals surface area contributed by atoms with Crippen molar-refractivity contribution in [2.75, 3.05) is 26.2 Å². The number of benzene rings is 2. The highest BCUT2D eigenvalue weighted by Gasteiger charge is 2.23. The molecule has 1 aliphatic heterocycles.